The Balaban J connectivity index is 2.53. The highest BCUT2D eigenvalue weighted by molar-refractivity contribution is 5.98. The molecule has 10 heavy (non-hydrogen) atoms. The van der Waals surface area contributed by atoms with Crippen LogP contribution >= 0.6 is 0 Å². The van der Waals surface area contributed by atoms with E-state index in [1.807, 2.05) is 7.05 Å². The van der Waals surface area contributed by atoms with Crippen molar-refractivity contribution in [2.24, 2.45) is 7.05 Å². The van der Waals surface area contributed by atoms with Gasteiger partial charge in [0.25, 0.3) is 0 Å². The van der Waals surface area contributed by atoms with Gasteiger partial charge in [-0.25, -0.2) is 0 Å². The Hall–Kier alpha value is -1.32. The van der Waals surface area contributed by atoms with Crippen LogP contribution in [-0.4, -0.2) is 15.7 Å². The van der Waals surface area contributed by atoms with Gasteiger partial charge in [0, 0.05) is 7.05 Å². The van der Waals surface area contributed by atoms with Crippen molar-refractivity contribution < 1.29 is 4.79 Å². The fourth-order valence-electron chi connectivity index (χ4n) is 1.12. The summed E-state index contributed by atoms with van der Waals surface area (Å²) in [7, 11) is 1.83. The number of aryl methyl sites for hydroxylation is 1. The van der Waals surface area contributed by atoms with E-state index >= 15 is 0 Å². The Bertz CT molecular complexity index is 289. The first-order chi connectivity index (χ1) is 4.77. The molecule has 0 radical (unpaired) electrons. The third kappa shape index (κ3) is 0.556. The van der Waals surface area contributed by atoms with Crippen LogP contribution in [0.25, 0.3) is 0 Å². The van der Waals surface area contributed by atoms with Crippen molar-refractivity contribution in [3.63, 3.8) is 0 Å². The maximum absolute atomic E-state index is 10.8. The maximum atomic E-state index is 10.8. The van der Waals surface area contributed by atoms with E-state index in [0.717, 1.165) is 11.4 Å². The van der Waals surface area contributed by atoms with Crippen molar-refractivity contribution in [3.8, 4) is 0 Å². The Labute approximate surface area is 57.8 Å². The van der Waals surface area contributed by atoms with Crippen molar-refractivity contribution in [1.82, 2.24) is 9.78 Å². The first-order valence-corrected chi connectivity index (χ1v) is 3.08. The average molecular weight is 137 g/mol. The molecular weight excluding hydrogens is 130 g/mol. The summed E-state index contributed by atoms with van der Waals surface area (Å²) in [5.74, 6) is 0.0583. The molecule has 1 aliphatic rings. The number of nitrogens with one attached hydrogen (secondary N) is 1. The third-order valence-electron chi connectivity index (χ3n) is 1.66. The predicted molar refractivity (Wildman–Crippen MR) is 35.5 cm³/mol. The third-order valence-corrected chi connectivity index (χ3v) is 1.66. The van der Waals surface area contributed by atoms with E-state index in [1.165, 1.54) is 0 Å². The van der Waals surface area contributed by atoms with Crippen molar-refractivity contribution in [2.75, 3.05) is 5.32 Å². The summed E-state index contributed by atoms with van der Waals surface area (Å²) in [6.45, 7) is 0. The molecule has 1 N–H and O–H groups in total. The zero-order valence-electron chi connectivity index (χ0n) is 5.59. The molecule has 2 rings (SSSR count). The largest absolute Gasteiger partial charge is 0.323 e. The summed E-state index contributed by atoms with van der Waals surface area (Å²) in [4.78, 5) is 10.8. The summed E-state index contributed by atoms with van der Waals surface area (Å²) in [6, 6.07) is 0. The van der Waals surface area contributed by atoms with Crippen LogP contribution in [0.15, 0.2) is 6.20 Å². The number of fused-ring (bicyclic) bond motifs is 1. The summed E-state index contributed by atoms with van der Waals surface area (Å²) in [6.07, 6.45) is 2.13. The lowest BCUT2D eigenvalue weighted by Crippen LogP contribution is -2.06. The summed E-state index contributed by atoms with van der Waals surface area (Å²) in [5, 5.41) is 6.67. The molecule has 0 bridgehead atoms. The molecule has 0 unspecified atom stereocenters. The van der Waals surface area contributed by atoms with E-state index in [-0.39, 0.29) is 5.91 Å². The molecule has 4 nitrogen and oxygen atoms in total. The van der Waals surface area contributed by atoms with E-state index in [4.69, 9.17) is 0 Å². The zero-order valence-corrected chi connectivity index (χ0v) is 5.59. The monoisotopic (exact) mass is 137 g/mol. The first-order valence-electron chi connectivity index (χ1n) is 3.08. The number of nitrogens with zero attached hydrogens (tertiary/aromatic N) is 2. The Morgan fingerprint density at radius 3 is 3.30 bits per heavy atom. The quantitative estimate of drug-likeness (QED) is 0.543. The van der Waals surface area contributed by atoms with Crippen LogP contribution in [0.4, 0.5) is 5.69 Å². The van der Waals surface area contributed by atoms with Gasteiger partial charge in [0.05, 0.1) is 24.0 Å². The lowest BCUT2D eigenvalue weighted by Gasteiger charge is -1.90. The molecule has 0 fully saturated rings. The summed E-state index contributed by atoms with van der Waals surface area (Å²) in [5.41, 5.74) is 1.83. The lowest BCUT2D eigenvalue weighted by atomic mass is 10.3. The molecule has 1 aromatic rings. The zero-order chi connectivity index (χ0) is 7.14. The molecule has 4 heteroatoms. The van der Waals surface area contributed by atoms with Crippen molar-refractivity contribution >= 4 is 11.6 Å². The topological polar surface area (TPSA) is 46.9 Å². The molecule has 0 aromatic carbocycles. The molecule has 1 amide bonds. The van der Waals surface area contributed by atoms with Crippen LogP contribution in [-0.2, 0) is 18.3 Å². The van der Waals surface area contributed by atoms with E-state index in [9.17, 15) is 4.79 Å². The van der Waals surface area contributed by atoms with Gasteiger partial charge in [-0.15, -0.1) is 0 Å². The minimum Gasteiger partial charge on any atom is -0.323 e. The molecule has 1 aliphatic heterocycles. The number of rotatable bonds is 0. The van der Waals surface area contributed by atoms with E-state index in [1.54, 1.807) is 10.9 Å². The van der Waals surface area contributed by atoms with Gasteiger partial charge in [-0.05, 0) is 0 Å². The van der Waals surface area contributed by atoms with E-state index < -0.39 is 0 Å². The highest BCUT2D eigenvalue weighted by Crippen LogP contribution is 2.20. The minimum atomic E-state index is 0.0583. The van der Waals surface area contributed by atoms with Crippen molar-refractivity contribution in [1.29, 1.82) is 0 Å². The van der Waals surface area contributed by atoms with Gasteiger partial charge < -0.3 is 5.32 Å². The molecule has 52 valence electrons. The maximum Gasteiger partial charge on any atom is 0.230 e. The molecule has 0 aliphatic carbocycles. The molecule has 1 aromatic heterocycles. The number of aromatic nitrogens is 2. The predicted octanol–water partition coefficient (Wildman–Crippen LogP) is -0.0853. The van der Waals surface area contributed by atoms with Gasteiger partial charge in [0.1, 0.15) is 0 Å². The van der Waals surface area contributed by atoms with E-state index in [2.05, 4.69) is 10.4 Å². The highest BCUT2D eigenvalue weighted by atomic mass is 16.1. The normalized spacial score (nSPS) is 15.1. The van der Waals surface area contributed by atoms with Gasteiger partial charge in [0.15, 0.2) is 0 Å². The second kappa shape index (κ2) is 1.59. The molecule has 2 heterocycles. The number of hydrogen-bond acceptors (Lipinski definition) is 2. The molecule has 0 spiro atoms. The van der Waals surface area contributed by atoms with E-state index in [0.29, 0.717) is 6.42 Å². The first kappa shape index (κ1) is 5.46. The summed E-state index contributed by atoms with van der Waals surface area (Å²) < 4.78 is 1.72. The highest BCUT2D eigenvalue weighted by Gasteiger charge is 2.20. The lowest BCUT2D eigenvalue weighted by molar-refractivity contribution is -0.115. The van der Waals surface area contributed by atoms with Crippen molar-refractivity contribution in [3.05, 3.63) is 11.9 Å². The number of carbonyl (C=O) groups excluding carboxylic acids is 1. The van der Waals surface area contributed by atoms with Crippen LogP contribution in [0.1, 0.15) is 5.69 Å². The SMILES string of the molecule is Cn1ncc2c1CC(=O)N2. The fourth-order valence-corrected chi connectivity index (χ4v) is 1.12. The van der Waals surface area contributed by atoms with Gasteiger partial charge >= 0.3 is 0 Å². The van der Waals surface area contributed by atoms with Gasteiger partial charge in [0.2, 0.25) is 5.91 Å². The van der Waals surface area contributed by atoms with Crippen LogP contribution < -0.4 is 5.32 Å². The molecule has 0 atom stereocenters. The second-order valence-corrected chi connectivity index (χ2v) is 2.35. The number of hydrogen-bond donors (Lipinski definition) is 1. The Kier molecular flexibility index (Phi) is 0.869. The van der Waals surface area contributed by atoms with Crippen molar-refractivity contribution in [2.45, 2.75) is 6.42 Å². The molecule has 0 saturated carbocycles. The molecule has 0 saturated heterocycles. The van der Waals surface area contributed by atoms with Crippen LogP contribution in [0.5, 0.6) is 0 Å². The van der Waals surface area contributed by atoms with Crippen LogP contribution in [0, 0.1) is 0 Å². The Morgan fingerprint density at radius 2 is 2.60 bits per heavy atom. The molecular formula is C6H7N3O. The average Bonchev–Trinajstić information content (AvgIpc) is 2.35. The number of carbonyl (C=O) groups is 1. The van der Waals surface area contributed by atoms with Gasteiger partial charge in [-0.3, -0.25) is 9.48 Å². The van der Waals surface area contributed by atoms with Gasteiger partial charge in [-0.2, -0.15) is 5.10 Å². The standard InChI is InChI=1S/C6H7N3O/c1-9-5-2-6(10)8-4(5)3-7-9/h3H,2H2,1H3,(H,8,10). The van der Waals surface area contributed by atoms with Crippen LogP contribution in [0.3, 0.4) is 0 Å². The number of anilines is 1. The van der Waals surface area contributed by atoms with Crippen LogP contribution in [0.2, 0.25) is 0 Å². The fraction of sp³-hybridized carbons (Fsp3) is 0.333. The second-order valence-electron chi connectivity index (χ2n) is 2.35. The van der Waals surface area contributed by atoms with Gasteiger partial charge in [-0.1, -0.05) is 0 Å². The number of amides is 1. The summed E-state index contributed by atoms with van der Waals surface area (Å²) >= 11 is 0. The smallest absolute Gasteiger partial charge is 0.230 e. The minimum absolute atomic E-state index is 0.0583. The Morgan fingerprint density at radius 1 is 1.80 bits per heavy atom.